The molecule has 5 nitrogen and oxygen atoms in total. The second kappa shape index (κ2) is 5.83. The fourth-order valence-electron chi connectivity index (χ4n) is 2.51. The average Bonchev–Trinajstić information content (AvgIpc) is 2.73. The molecule has 0 atom stereocenters. The van der Waals surface area contributed by atoms with Gasteiger partial charge in [-0.05, 0) is 31.0 Å². The van der Waals surface area contributed by atoms with Crippen molar-refractivity contribution in [2.45, 2.75) is 46.0 Å². The number of aryl methyl sites for hydroxylation is 1. The zero-order chi connectivity index (χ0) is 16.5. The minimum atomic E-state index is -0.900. The van der Waals surface area contributed by atoms with Gasteiger partial charge in [-0.1, -0.05) is 32.9 Å². The number of hydrogen-bond donors (Lipinski definition) is 2. The highest BCUT2D eigenvalue weighted by Gasteiger charge is 2.25. The van der Waals surface area contributed by atoms with Gasteiger partial charge in [0.15, 0.2) is 0 Å². The number of benzene rings is 1. The fraction of sp³-hybridized carbons (Fsp3) is 0.412. The highest BCUT2D eigenvalue weighted by Crippen LogP contribution is 2.24. The molecule has 2 aromatic rings. The van der Waals surface area contributed by atoms with E-state index < -0.39 is 5.97 Å². The lowest BCUT2D eigenvalue weighted by Crippen LogP contribution is -2.19. The number of carboxylic acids is 1. The molecule has 0 aliphatic heterocycles. The lowest BCUT2D eigenvalue weighted by molar-refractivity contribution is -0.136. The van der Waals surface area contributed by atoms with E-state index in [9.17, 15) is 9.59 Å². The standard InChI is InChI=1S/C17H22N2O3/c1-11-6-5-7-12(10-11)19-16(22)13(8-9-14(20)21)15(18-19)17(2,3)4/h5-7,10,18H,8-9H2,1-4H3,(H,20,21). The molecule has 22 heavy (non-hydrogen) atoms. The lowest BCUT2D eigenvalue weighted by Gasteiger charge is -2.18. The number of carbonyl (C=O) groups is 1. The Balaban J connectivity index is 2.58. The minimum Gasteiger partial charge on any atom is -0.481 e. The summed E-state index contributed by atoms with van der Waals surface area (Å²) in [6.45, 7) is 7.98. The number of nitrogens with zero attached hydrogens (tertiary/aromatic N) is 1. The van der Waals surface area contributed by atoms with E-state index in [2.05, 4.69) is 5.10 Å². The predicted molar refractivity (Wildman–Crippen MR) is 85.8 cm³/mol. The Morgan fingerprint density at radius 1 is 1.32 bits per heavy atom. The number of H-pyrrole nitrogens is 1. The first-order valence-corrected chi connectivity index (χ1v) is 7.33. The van der Waals surface area contributed by atoms with Crippen LogP contribution in [0.25, 0.3) is 5.69 Å². The summed E-state index contributed by atoms with van der Waals surface area (Å²) in [6, 6.07) is 7.64. The Kier molecular flexibility index (Phi) is 4.26. The van der Waals surface area contributed by atoms with E-state index in [1.54, 1.807) is 0 Å². The maximum Gasteiger partial charge on any atom is 0.303 e. The molecular formula is C17H22N2O3. The van der Waals surface area contributed by atoms with Gasteiger partial charge < -0.3 is 5.11 Å². The van der Waals surface area contributed by atoms with Crippen LogP contribution >= 0.6 is 0 Å². The Morgan fingerprint density at radius 3 is 2.55 bits per heavy atom. The van der Waals surface area contributed by atoms with Crippen molar-refractivity contribution < 1.29 is 9.90 Å². The second-order valence-electron chi connectivity index (χ2n) is 6.59. The Hall–Kier alpha value is -2.30. The molecule has 1 aromatic carbocycles. The number of aromatic amines is 1. The quantitative estimate of drug-likeness (QED) is 0.912. The molecule has 0 radical (unpaired) electrons. The summed E-state index contributed by atoms with van der Waals surface area (Å²) in [6.07, 6.45) is 0.181. The molecular weight excluding hydrogens is 280 g/mol. The van der Waals surface area contributed by atoms with Gasteiger partial charge in [0.1, 0.15) is 0 Å². The highest BCUT2D eigenvalue weighted by atomic mass is 16.4. The van der Waals surface area contributed by atoms with E-state index in [1.807, 2.05) is 52.0 Å². The molecule has 0 saturated heterocycles. The van der Waals surface area contributed by atoms with Crippen LogP contribution in [0.15, 0.2) is 29.1 Å². The van der Waals surface area contributed by atoms with Gasteiger partial charge in [0.25, 0.3) is 5.56 Å². The monoisotopic (exact) mass is 302 g/mol. The van der Waals surface area contributed by atoms with Crippen molar-refractivity contribution in [3.05, 3.63) is 51.4 Å². The van der Waals surface area contributed by atoms with Gasteiger partial charge in [0, 0.05) is 23.1 Å². The van der Waals surface area contributed by atoms with Gasteiger partial charge in [-0.2, -0.15) is 0 Å². The lowest BCUT2D eigenvalue weighted by atomic mass is 9.88. The molecule has 2 rings (SSSR count). The van der Waals surface area contributed by atoms with Gasteiger partial charge >= 0.3 is 5.97 Å². The summed E-state index contributed by atoms with van der Waals surface area (Å²) in [5.74, 6) is -0.900. The van der Waals surface area contributed by atoms with Crippen LogP contribution < -0.4 is 5.56 Å². The van der Waals surface area contributed by atoms with Crippen LogP contribution in [0.1, 0.15) is 44.0 Å². The molecule has 118 valence electrons. The number of rotatable bonds is 4. The molecule has 0 aliphatic carbocycles. The smallest absolute Gasteiger partial charge is 0.303 e. The molecule has 0 unspecified atom stereocenters. The fourth-order valence-corrected chi connectivity index (χ4v) is 2.51. The number of aromatic nitrogens is 2. The van der Waals surface area contributed by atoms with E-state index in [4.69, 9.17) is 5.11 Å². The van der Waals surface area contributed by atoms with Crippen molar-refractivity contribution in [2.24, 2.45) is 0 Å². The first-order chi connectivity index (χ1) is 10.2. The van der Waals surface area contributed by atoms with Crippen LogP contribution in [0.3, 0.4) is 0 Å². The number of hydrogen-bond acceptors (Lipinski definition) is 2. The van der Waals surface area contributed by atoms with E-state index in [0.29, 0.717) is 5.56 Å². The van der Waals surface area contributed by atoms with Crippen molar-refractivity contribution >= 4 is 5.97 Å². The predicted octanol–water partition coefficient (Wildman–Crippen LogP) is 2.79. The number of carboxylic acid groups (broad SMARTS) is 1. The van der Waals surface area contributed by atoms with Crippen molar-refractivity contribution in [3.63, 3.8) is 0 Å². The summed E-state index contributed by atoms with van der Waals surface area (Å²) in [5, 5.41) is 12.1. The maximum absolute atomic E-state index is 12.7. The van der Waals surface area contributed by atoms with Crippen molar-refractivity contribution in [1.82, 2.24) is 9.78 Å². The Bertz CT molecular complexity index is 748. The molecule has 0 fully saturated rings. The van der Waals surface area contributed by atoms with Gasteiger partial charge in [-0.15, -0.1) is 0 Å². The Morgan fingerprint density at radius 2 is 2.00 bits per heavy atom. The summed E-state index contributed by atoms with van der Waals surface area (Å²) < 4.78 is 1.50. The van der Waals surface area contributed by atoms with Gasteiger partial charge in [-0.25, -0.2) is 4.68 Å². The van der Waals surface area contributed by atoms with Crippen LogP contribution in [0, 0.1) is 6.92 Å². The van der Waals surface area contributed by atoms with Crippen molar-refractivity contribution in [2.75, 3.05) is 0 Å². The largest absolute Gasteiger partial charge is 0.481 e. The van der Waals surface area contributed by atoms with Crippen LogP contribution in [0.2, 0.25) is 0 Å². The van der Waals surface area contributed by atoms with E-state index in [-0.39, 0.29) is 23.8 Å². The van der Waals surface area contributed by atoms with Crippen LogP contribution in [-0.4, -0.2) is 20.9 Å². The SMILES string of the molecule is Cc1cccc(-n2[nH]c(C(C)(C)C)c(CCC(=O)O)c2=O)c1. The van der Waals surface area contributed by atoms with Gasteiger partial charge in [0.05, 0.1) is 5.69 Å². The summed E-state index contributed by atoms with van der Waals surface area (Å²) in [5.41, 5.74) is 2.73. The van der Waals surface area contributed by atoms with Crippen LogP contribution in [0.4, 0.5) is 0 Å². The summed E-state index contributed by atoms with van der Waals surface area (Å²) >= 11 is 0. The molecule has 0 bridgehead atoms. The van der Waals surface area contributed by atoms with Crippen LogP contribution in [-0.2, 0) is 16.6 Å². The average molecular weight is 302 g/mol. The third kappa shape index (κ3) is 3.30. The third-order valence-corrected chi connectivity index (χ3v) is 3.59. The molecule has 2 N–H and O–H groups in total. The maximum atomic E-state index is 12.7. The first-order valence-electron chi connectivity index (χ1n) is 7.33. The molecule has 5 heteroatoms. The minimum absolute atomic E-state index is 0.0516. The number of nitrogens with one attached hydrogen (secondary N) is 1. The van der Waals surface area contributed by atoms with Crippen LogP contribution in [0.5, 0.6) is 0 Å². The molecule has 0 amide bonds. The van der Waals surface area contributed by atoms with E-state index in [0.717, 1.165) is 16.9 Å². The first kappa shape index (κ1) is 16.1. The molecule has 0 saturated carbocycles. The zero-order valence-corrected chi connectivity index (χ0v) is 13.4. The summed E-state index contributed by atoms with van der Waals surface area (Å²) in [4.78, 5) is 23.5. The third-order valence-electron chi connectivity index (χ3n) is 3.59. The molecule has 1 heterocycles. The van der Waals surface area contributed by atoms with Crippen molar-refractivity contribution in [3.8, 4) is 5.69 Å². The topological polar surface area (TPSA) is 75.1 Å². The zero-order valence-electron chi connectivity index (χ0n) is 13.4. The van der Waals surface area contributed by atoms with E-state index in [1.165, 1.54) is 4.68 Å². The second-order valence-corrected chi connectivity index (χ2v) is 6.59. The Labute approximate surface area is 129 Å². The highest BCUT2D eigenvalue weighted by molar-refractivity contribution is 5.67. The van der Waals surface area contributed by atoms with Gasteiger partial charge in [0.2, 0.25) is 0 Å². The molecule has 0 spiro atoms. The molecule has 0 aliphatic rings. The number of aliphatic carboxylic acids is 1. The van der Waals surface area contributed by atoms with E-state index >= 15 is 0 Å². The van der Waals surface area contributed by atoms with Gasteiger partial charge in [-0.3, -0.25) is 14.7 Å². The molecule has 1 aromatic heterocycles. The normalized spacial score (nSPS) is 11.6. The summed E-state index contributed by atoms with van der Waals surface area (Å²) in [7, 11) is 0. The van der Waals surface area contributed by atoms with Crippen molar-refractivity contribution in [1.29, 1.82) is 0 Å².